The van der Waals surface area contributed by atoms with Crippen molar-refractivity contribution in [3.8, 4) is 0 Å². The molecule has 1 aromatic heterocycles. The Morgan fingerprint density at radius 2 is 1.96 bits per heavy atom. The summed E-state index contributed by atoms with van der Waals surface area (Å²) in [6.45, 7) is 0.773. The number of nitrogens with one attached hydrogen (secondary N) is 1. The molecule has 2 aromatic carbocycles. The molecular weight excluding hydrogens is 337 g/mol. The molecule has 1 amide bonds. The first-order valence-electron chi connectivity index (χ1n) is 8.11. The number of halogens is 1. The molecule has 4 nitrogen and oxygen atoms in total. The average molecular weight is 357 g/mol. The van der Waals surface area contributed by atoms with Crippen LogP contribution in [0, 0.1) is 5.82 Å². The molecule has 0 saturated carbocycles. The van der Waals surface area contributed by atoms with E-state index in [9.17, 15) is 9.18 Å². The summed E-state index contributed by atoms with van der Waals surface area (Å²) >= 11 is 1.68. The third-order valence-corrected chi connectivity index (χ3v) is 4.50. The molecule has 0 aliphatic rings. The van der Waals surface area contributed by atoms with Gasteiger partial charge >= 0.3 is 0 Å². The van der Waals surface area contributed by atoms with E-state index in [4.69, 9.17) is 0 Å². The van der Waals surface area contributed by atoms with Gasteiger partial charge in [0.2, 0.25) is 5.91 Å². The molecule has 3 rings (SSSR count). The van der Waals surface area contributed by atoms with Crippen molar-refractivity contribution in [2.45, 2.75) is 18.7 Å². The van der Waals surface area contributed by atoms with Crippen LogP contribution in [0.1, 0.15) is 11.4 Å². The van der Waals surface area contributed by atoms with Crippen LogP contribution >= 0.6 is 11.8 Å². The number of hydrogen-bond donors (Lipinski definition) is 1. The van der Waals surface area contributed by atoms with Crippen LogP contribution in [-0.4, -0.2) is 28.3 Å². The molecule has 1 N–H and O–H groups in total. The van der Waals surface area contributed by atoms with Crippen LogP contribution in [0.4, 0.5) is 4.39 Å². The Kier molecular flexibility index (Phi) is 5.71. The number of imidazole rings is 1. The number of para-hydroxylation sites is 2. The van der Waals surface area contributed by atoms with E-state index < -0.39 is 0 Å². The highest BCUT2D eigenvalue weighted by Gasteiger charge is 2.12. The van der Waals surface area contributed by atoms with Crippen molar-refractivity contribution in [3.63, 3.8) is 0 Å². The summed E-state index contributed by atoms with van der Waals surface area (Å²) in [7, 11) is 0. The highest BCUT2D eigenvalue weighted by atomic mass is 32.2. The van der Waals surface area contributed by atoms with Crippen LogP contribution in [0.5, 0.6) is 0 Å². The summed E-state index contributed by atoms with van der Waals surface area (Å²) in [5.74, 6) is 1.37. The molecular formula is C19H20FN3OS. The molecule has 0 aliphatic heterocycles. The maximum absolute atomic E-state index is 12.9. The number of aromatic nitrogens is 2. The van der Waals surface area contributed by atoms with Gasteiger partial charge in [-0.1, -0.05) is 24.3 Å². The minimum Gasteiger partial charge on any atom is -0.354 e. The lowest BCUT2D eigenvalue weighted by Gasteiger charge is -2.10. The standard InChI is InChI=1S/C19H20FN3OS/c1-25-13-18-22-16-4-2-3-5-17(16)23(18)12-19(24)21-11-10-14-6-8-15(20)9-7-14/h2-9H,10-13H2,1H3,(H,21,24). The Morgan fingerprint density at radius 3 is 2.72 bits per heavy atom. The predicted octanol–water partition coefficient (Wildman–Crippen LogP) is 3.40. The van der Waals surface area contributed by atoms with Gasteiger partial charge in [0.15, 0.2) is 0 Å². The first-order valence-corrected chi connectivity index (χ1v) is 9.51. The van der Waals surface area contributed by atoms with Gasteiger partial charge in [-0.25, -0.2) is 9.37 Å². The van der Waals surface area contributed by atoms with Crippen LogP contribution in [0.3, 0.4) is 0 Å². The summed E-state index contributed by atoms with van der Waals surface area (Å²) in [4.78, 5) is 16.9. The molecule has 0 bridgehead atoms. The minimum absolute atomic E-state index is 0.0485. The average Bonchev–Trinajstić information content (AvgIpc) is 2.95. The summed E-state index contributed by atoms with van der Waals surface area (Å²) < 4.78 is 14.9. The zero-order chi connectivity index (χ0) is 17.6. The summed E-state index contributed by atoms with van der Waals surface area (Å²) in [6, 6.07) is 14.2. The van der Waals surface area contributed by atoms with Crippen molar-refractivity contribution in [3.05, 3.63) is 65.7 Å². The molecule has 1 heterocycles. The molecule has 0 radical (unpaired) electrons. The van der Waals surface area contributed by atoms with E-state index in [1.165, 1.54) is 12.1 Å². The van der Waals surface area contributed by atoms with Gasteiger partial charge in [-0.2, -0.15) is 11.8 Å². The SMILES string of the molecule is CSCc1nc2ccccc2n1CC(=O)NCCc1ccc(F)cc1. The molecule has 0 spiro atoms. The second-order valence-corrected chi connectivity index (χ2v) is 6.63. The number of nitrogens with zero attached hydrogens (tertiary/aromatic N) is 2. The fourth-order valence-corrected chi connectivity index (χ4v) is 3.22. The largest absolute Gasteiger partial charge is 0.354 e. The van der Waals surface area contributed by atoms with E-state index in [1.54, 1.807) is 23.9 Å². The predicted molar refractivity (Wildman–Crippen MR) is 100 cm³/mol. The van der Waals surface area contributed by atoms with Crippen LogP contribution in [0.25, 0.3) is 11.0 Å². The first kappa shape index (κ1) is 17.5. The third kappa shape index (κ3) is 4.39. The van der Waals surface area contributed by atoms with Crippen LogP contribution < -0.4 is 5.32 Å². The van der Waals surface area contributed by atoms with Gasteiger partial charge in [-0.3, -0.25) is 4.79 Å². The topological polar surface area (TPSA) is 46.9 Å². The first-order chi connectivity index (χ1) is 12.2. The third-order valence-electron chi connectivity index (χ3n) is 3.96. The number of benzene rings is 2. The van der Waals surface area contributed by atoms with E-state index in [2.05, 4.69) is 10.3 Å². The van der Waals surface area contributed by atoms with Gasteiger partial charge in [0.25, 0.3) is 0 Å². The number of fused-ring (bicyclic) bond motifs is 1. The Hall–Kier alpha value is -2.34. The number of amides is 1. The molecule has 0 saturated heterocycles. The number of carbonyl (C=O) groups excluding carboxylic acids is 1. The summed E-state index contributed by atoms with van der Waals surface area (Å²) in [5, 5.41) is 2.93. The summed E-state index contributed by atoms with van der Waals surface area (Å²) in [5.41, 5.74) is 2.88. The van der Waals surface area contributed by atoms with E-state index in [-0.39, 0.29) is 18.3 Å². The smallest absolute Gasteiger partial charge is 0.240 e. The zero-order valence-electron chi connectivity index (χ0n) is 14.0. The fourth-order valence-electron chi connectivity index (χ4n) is 2.74. The molecule has 6 heteroatoms. The highest BCUT2D eigenvalue weighted by molar-refractivity contribution is 7.97. The lowest BCUT2D eigenvalue weighted by Crippen LogP contribution is -2.29. The molecule has 0 atom stereocenters. The Bertz CT molecular complexity index is 861. The Morgan fingerprint density at radius 1 is 1.20 bits per heavy atom. The van der Waals surface area contributed by atoms with Gasteiger partial charge in [0.05, 0.1) is 16.8 Å². The number of carbonyl (C=O) groups is 1. The lowest BCUT2D eigenvalue weighted by atomic mass is 10.1. The number of rotatable bonds is 7. The normalized spacial score (nSPS) is 11.0. The fraction of sp³-hybridized carbons (Fsp3) is 0.263. The van der Waals surface area contributed by atoms with Crippen molar-refractivity contribution in [1.29, 1.82) is 0 Å². The van der Waals surface area contributed by atoms with E-state index in [1.807, 2.05) is 35.1 Å². The van der Waals surface area contributed by atoms with Gasteiger partial charge in [-0.05, 0) is 42.5 Å². The molecule has 130 valence electrons. The van der Waals surface area contributed by atoms with Gasteiger partial charge in [0.1, 0.15) is 18.2 Å². The second-order valence-electron chi connectivity index (χ2n) is 5.76. The molecule has 25 heavy (non-hydrogen) atoms. The van der Waals surface area contributed by atoms with Crippen LogP contribution in [0.15, 0.2) is 48.5 Å². The number of hydrogen-bond acceptors (Lipinski definition) is 3. The lowest BCUT2D eigenvalue weighted by molar-refractivity contribution is -0.121. The van der Waals surface area contributed by atoms with Crippen molar-refractivity contribution in [2.75, 3.05) is 12.8 Å². The molecule has 0 fully saturated rings. The summed E-state index contributed by atoms with van der Waals surface area (Å²) in [6.07, 6.45) is 2.70. The van der Waals surface area contributed by atoms with Crippen LogP contribution in [0.2, 0.25) is 0 Å². The van der Waals surface area contributed by atoms with E-state index in [0.29, 0.717) is 13.0 Å². The van der Waals surface area contributed by atoms with Crippen LogP contribution in [-0.2, 0) is 23.5 Å². The van der Waals surface area contributed by atoms with E-state index in [0.717, 1.165) is 28.2 Å². The van der Waals surface area contributed by atoms with E-state index >= 15 is 0 Å². The maximum Gasteiger partial charge on any atom is 0.240 e. The van der Waals surface area contributed by atoms with Gasteiger partial charge in [0, 0.05) is 6.54 Å². The van der Waals surface area contributed by atoms with Gasteiger partial charge in [-0.15, -0.1) is 0 Å². The van der Waals surface area contributed by atoms with Gasteiger partial charge < -0.3 is 9.88 Å². The zero-order valence-corrected chi connectivity index (χ0v) is 14.9. The van der Waals surface area contributed by atoms with Crippen molar-refractivity contribution in [1.82, 2.24) is 14.9 Å². The molecule has 0 unspecified atom stereocenters. The maximum atomic E-state index is 12.9. The quantitative estimate of drug-likeness (QED) is 0.705. The van der Waals surface area contributed by atoms with Crippen molar-refractivity contribution >= 4 is 28.7 Å². The minimum atomic E-state index is -0.249. The molecule has 0 aliphatic carbocycles. The Balaban J connectivity index is 1.63. The highest BCUT2D eigenvalue weighted by Crippen LogP contribution is 2.18. The monoisotopic (exact) mass is 357 g/mol. The Labute approximate surface area is 150 Å². The van der Waals surface area contributed by atoms with Crippen molar-refractivity contribution in [2.24, 2.45) is 0 Å². The van der Waals surface area contributed by atoms with Crippen molar-refractivity contribution < 1.29 is 9.18 Å². The number of thioether (sulfide) groups is 1. The second kappa shape index (κ2) is 8.16. The molecule has 3 aromatic rings.